The molecule has 0 unspecified atom stereocenters. The molecule has 0 aromatic heterocycles. The first-order valence-electron chi connectivity index (χ1n) is 13.6. The molecule has 7 heteroatoms. The number of aliphatic hydroxyl groups is 2. The van der Waals surface area contributed by atoms with E-state index in [9.17, 15) is 15.0 Å². The van der Waals surface area contributed by atoms with Gasteiger partial charge in [0.25, 0.3) is 0 Å². The van der Waals surface area contributed by atoms with Crippen LogP contribution in [0, 0.1) is 5.92 Å². The molecule has 4 aliphatic heterocycles. The molecule has 1 saturated heterocycles. The topological polar surface area (TPSA) is 97.8 Å². The van der Waals surface area contributed by atoms with Crippen LogP contribution in [0.3, 0.4) is 0 Å². The summed E-state index contributed by atoms with van der Waals surface area (Å²) >= 11 is 0. The van der Waals surface area contributed by atoms with Crippen molar-refractivity contribution in [3.63, 3.8) is 0 Å². The van der Waals surface area contributed by atoms with Gasteiger partial charge < -0.3 is 29.2 Å². The Kier molecular flexibility index (Phi) is 9.96. The zero-order chi connectivity index (χ0) is 26.4. The third kappa shape index (κ3) is 8.76. The highest BCUT2D eigenvalue weighted by Crippen LogP contribution is 2.35. The fraction of sp³-hybridized carbons (Fsp3) is 0.633. The lowest BCUT2D eigenvalue weighted by atomic mass is 9.91. The van der Waals surface area contributed by atoms with Crippen molar-refractivity contribution >= 4 is 5.97 Å². The minimum absolute atomic E-state index is 0.0652. The summed E-state index contributed by atoms with van der Waals surface area (Å²) in [7, 11) is 0. The molecular weight excluding hydrogens is 472 g/mol. The fourth-order valence-electron chi connectivity index (χ4n) is 5.44. The Hall–Kier alpha value is -2.03. The Morgan fingerprint density at radius 2 is 1.97 bits per heavy atom. The molecule has 2 N–H and O–H groups in total. The second-order valence-corrected chi connectivity index (χ2v) is 11.0. The van der Waals surface area contributed by atoms with Gasteiger partial charge in [0.05, 0.1) is 37.1 Å². The second-order valence-electron chi connectivity index (χ2n) is 11.0. The van der Waals surface area contributed by atoms with E-state index in [1.807, 2.05) is 19.1 Å². The summed E-state index contributed by atoms with van der Waals surface area (Å²) in [6.45, 7) is 9.04. The molecule has 1 fully saturated rings. The minimum Gasteiger partial charge on any atom is -0.456 e. The third-order valence-corrected chi connectivity index (χ3v) is 7.44. The Morgan fingerprint density at radius 3 is 2.78 bits per heavy atom. The first kappa shape index (κ1) is 28.0. The maximum absolute atomic E-state index is 12.6. The number of hydrogen-bond acceptors (Lipinski definition) is 7. The monoisotopic (exact) mass is 514 g/mol. The number of fused-ring (bicyclic) bond motifs is 3. The van der Waals surface area contributed by atoms with Crippen LogP contribution >= 0.6 is 0 Å². The predicted molar refractivity (Wildman–Crippen MR) is 141 cm³/mol. The largest absolute Gasteiger partial charge is 0.456 e. The van der Waals surface area contributed by atoms with Crippen LogP contribution in [-0.4, -0.2) is 71.6 Å². The quantitative estimate of drug-likeness (QED) is 0.332. The van der Waals surface area contributed by atoms with Crippen LogP contribution in [0.2, 0.25) is 0 Å². The normalized spacial score (nSPS) is 39.6. The van der Waals surface area contributed by atoms with Gasteiger partial charge in [-0.1, -0.05) is 61.1 Å². The van der Waals surface area contributed by atoms with Crippen molar-refractivity contribution < 1.29 is 34.0 Å². The Balaban J connectivity index is 1.44. The van der Waals surface area contributed by atoms with Gasteiger partial charge in [-0.2, -0.15) is 0 Å². The number of aliphatic hydroxyl groups excluding tert-OH is 2. The second kappa shape index (κ2) is 13.2. The Morgan fingerprint density at radius 1 is 1.14 bits per heavy atom. The SMILES string of the molecule is C=C1C[C@H](C)C[C@@H]2CC=C[C@@H](C/C=C\C(=O)O[C@H]([C@@H](O)/C=C/[C@@H]3CC(C)=CCO3)C[C@H](O)[C@@H]3O[C@H]3C1)O2. The summed E-state index contributed by atoms with van der Waals surface area (Å²) in [5, 5.41) is 21.8. The van der Waals surface area contributed by atoms with Crippen molar-refractivity contribution in [2.45, 2.75) is 108 Å². The Labute approximate surface area is 220 Å². The molecule has 4 rings (SSSR count). The van der Waals surface area contributed by atoms with Gasteiger partial charge in [0.15, 0.2) is 0 Å². The summed E-state index contributed by atoms with van der Waals surface area (Å²) < 4.78 is 23.3. The van der Waals surface area contributed by atoms with Crippen LogP contribution in [0.5, 0.6) is 0 Å². The van der Waals surface area contributed by atoms with Crippen molar-refractivity contribution in [2.24, 2.45) is 5.92 Å². The van der Waals surface area contributed by atoms with E-state index in [0.29, 0.717) is 25.4 Å². The van der Waals surface area contributed by atoms with Crippen molar-refractivity contribution in [3.05, 3.63) is 60.3 Å². The highest BCUT2D eigenvalue weighted by molar-refractivity contribution is 5.82. The predicted octanol–water partition coefficient (Wildman–Crippen LogP) is 4.11. The van der Waals surface area contributed by atoms with E-state index in [-0.39, 0.29) is 36.9 Å². The molecule has 2 bridgehead atoms. The van der Waals surface area contributed by atoms with Gasteiger partial charge in [0.2, 0.25) is 0 Å². The zero-order valence-corrected chi connectivity index (χ0v) is 22.0. The lowest BCUT2D eigenvalue weighted by molar-refractivity contribution is -0.149. The summed E-state index contributed by atoms with van der Waals surface area (Å²) in [6, 6.07) is 0. The van der Waals surface area contributed by atoms with Crippen molar-refractivity contribution in [1.82, 2.24) is 0 Å². The summed E-state index contributed by atoms with van der Waals surface area (Å²) in [5.74, 6) is -0.139. The van der Waals surface area contributed by atoms with Gasteiger partial charge in [-0.25, -0.2) is 4.79 Å². The molecule has 0 amide bonds. The number of hydrogen-bond donors (Lipinski definition) is 2. The Bertz CT molecular complexity index is 919. The lowest BCUT2D eigenvalue weighted by Gasteiger charge is -2.28. The number of cyclic esters (lactones) is 1. The molecule has 4 aliphatic rings. The van der Waals surface area contributed by atoms with E-state index in [0.717, 1.165) is 31.3 Å². The highest BCUT2D eigenvalue weighted by Gasteiger charge is 2.45. The summed E-state index contributed by atoms with van der Waals surface area (Å²) in [4.78, 5) is 12.6. The molecule has 0 spiro atoms. The van der Waals surface area contributed by atoms with Gasteiger partial charge in [-0.3, -0.25) is 0 Å². The zero-order valence-electron chi connectivity index (χ0n) is 22.0. The molecule has 7 nitrogen and oxygen atoms in total. The van der Waals surface area contributed by atoms with Gasteiger partial charge in [0.1, 0.15) is 18.3 Å². The number of carbonyl (C=O) groups excluding carboxylic acids is 1. The standard InChI is InChI=1S/C30H42O7/c1-19-12-13-34-23(15-19)10-11-25(31)27-18-26(32)30-28(37-30)17-21(3)14-20(2)16-24-8-4-6-22(35-24)7-5-9-29(33)36-27/h4-6,9-12,20,22-28,30-32H,3,7-8,13-18H2,1-2H3/b9-5-,11-10+/t20-,22-,23+,24-,25-,26-,27-,28-,30-/m0/s1. The molecular formula is C30H42O7. The molecule has 37 heavy (non-hydrogen) atoms. The van der Waals surface area contributed by atoms with E-state index in [1.165, 1.54) is 11.6 Å². The van der Waals surface area contributed by atoms with E-state index < -0.39 is 24.3 Å². The van der Waals surface area contributed by atoms with Gasteiger partial charge in [-0.05, 0) is 51.4 Å². The smallest absolute Gasteiger partial charge is 0.330 e. The molecule has 0 aromatic carbocycles. The first-order chi connectivity index (χ1) is 17.8. The van der Waals surface area contributed by atoms with Crippen LogP contribution < -0.4 is 0 Å². The number of ether oxygens (including phenoxy) is 4. The van der Waals surface area contributed by atoms with Gasteiger partial charge >= 0.3 is 5.97 Å². The van der Waals surface area contributed by atoms with Gasteiger partial charge in [-0.15, -0.1) is 0 Å². The molecule has 204 valence electrons. The van der Waals surface area contributed by atoms with Gasteiger partial charge in [0, 0.05) is 12.5 Å². The summed E-state index contributed by atoms with van der Waals surface area (Å²) in [5.41, 5.74) is 2.33. The lowest BCUT2D eigenvalue weighted by Crippen LogP contribution is -2.35. The average Bonchev–Trinajstić information content (AvgIpc) is 3.60. The van der Waals surface area contributed by atoms with Crippen LogP contribution in [0.4, 0.5) is 0 Å². The van der Waals surface area contributed by atoms with Crippen molar-refractivity contribution in [2.75, 3.05) is 6.61 Å². The average molecular weight is 515 g/mol. The molecule has 4 heterocycles. The molecule has 0 aliphatic carbocycles. The molecule has 9 atom stereocenters. The summed E-state index contributed by atoms with van der Waals surface area (Å²) in [6.07, 6.45) is 14.1. The maximum atomic E-state index is 12.6. The maximum Gasteiger partial charge on any atom is 0.330 e. The number of rotatable bonds is 3. The van der Waals surface area contributed by atoms with Crippen molar-refractivity contribution in [3.8, 4) is 0 Å². The van der Waals surface area contributed by atoms with Crippen LogP contribution in [-0.2, 0) is 23.7 Å². The fourth-order valence-corrected chi connectivity index (χ4v) is 5.44. The van der Waals surface area contributed by atoms with E-state index >= 15 is 0 Å². The van der Waals surface area contributed by atoms with E-state index in [2.05, 4.69) is 19.6 Å². The minimum atomic E-state index is -1.09. The van der Waals surface area contributed by atoms with Crippen LogP contribution in [0.25, 0.3) is 0 Å². The number of carbonyl (C=O) groups is 1. The highest BCUT2D eigenvalue weighted by atomic mass is 16.6. The van der Waals surface area contributed by atoms with Crippen LogP contribution in [0.15, 0.2) is 60.3 Å². The molecule has 0 saturated carbocycles. The van der Waals surface area contributed by atoms with Crippen molar-refractivity contribution in [1.29, 1.82) is 0 Å². The molecule has 0 aromatic rings. The third-order valence-electron chi connectivity index (χ3n) is 7.44. The first-order valence-corrected chi connectivity index (χ1v) is 13.6. The van der Waals surface area contributed by atoms with E-state index in [4.69, 9.17) is 18.9 Å². The van der Waals surface area contributed by atoms with Crippen LogP contribution in [0.1, 0.15) is 58.8 Å². The number of epoxide rings is 1. The number of esters is 1. The molecule has 0 radical (unpaired) electrons. The van der Waals surface area contributed by atoms with E-state index in [1.54, 1.807) is 18.2 Å².